The molecular formula is C36H28O6. The van der Waals surface area contributed by atoms with E-state index < -0.39 is 13.0 Å². The van der Waals surface area contributed by atoms with Gasteiger partial charge in [-0.1, -0.05) is 84.9 Å². The smallest absolute Gasteiger partial charge is 0.406 e. The fraction of sp³-hybridized carbons (Fsp3) is 0.0556. The Hall–Kier alpha value is -5.62. The second-order valence-electron chi connectivity index (χ2n) is 9.21. The van der Waals surface area contributed by atoms with Crippen LogP contribution in [-0.2, 0) is 0 Å². The number of fused-ring (bicyclic) bond motifs is 1. The Morgan fingerprint density at radius 3 is 0.857 bits per heavy atom. The van der Waals surface area contributed by atoms with Crippen molar-refractivity contribution in [2.24, 2.45) is 0 Å². The Morgan fingerprint density at radius 1 is 0.262 bits per heavy atom. The lowest BCUT2D eigenvalue weighted by Gasteiger charge is -2.22. The van der Waals surface area contributed by atoms with Gasteiger partial charge < -0.3 is 28.4 Å². The van der Waals surface area contributed by atoms with Crippen LogP contribution >= 0.6 is 0 Å². The number of benzene rings is 6. The van der Waals surface area contributed by atoms with Crippen LogP contribution in [0, 0.1) is 0 Å². The second kappa shape index (κ2) is 13.2. The van der Waals surface area contributed by atoms with Crippen molar-refractivity contribution in [1.82, 2.24) is 0 Å². The highest BCUT2D eigenvalue weighted by Crippen LogP contribution is 2.28. The number of hydrogen-bond acceptors (Lipinski definition) is 6. The quantitative estimate of drug-likeness (QED) is 0.141. The average molecular weight is 557 g/mol. The molecule has 6 heteroatoms. The predicted molar refractivity (Wildman–Crippen MR) is 161 cm³/mol. The summed E-state index contributed by atoms with van der Waals surface area (Å²) in [4.78, 5) is 0. The maximum Gasteiger partial charge on any atom is 0.406 e. The van der Waals surface area contributed by atoms with Gasteiger partial charge in [0.15, 0.2) is 0 Å². The van der Waals surface area contributed by atoms with Crippen LogP contribution in [0.15, 0.2) is 158 Å². The van der Waals surface area contributed by atoms with Gasteiger partial charge in [-0.3, -0.25) is 0 Å². The van der Waals surface area contributed by atoms with E-state index in [2.05, 4.69) is 0 Å². The summed E-state index contributed by atoms with van der Waals surface area (Å²) in [5.41, 5.74) is 0. The van der Waals surface area contributed by atoms with Crippen molar-refractivity contribution in [2.45, 2.75) is 13.0 Å². The molecular weight excluding hydrogens is 528 g/mol. The van der Waals surface area contributed by atoms with Crippen molar-refractivity contribution in [3.63, 3.8) is 0 Å². The summed E-state index contributed by atoms with van der Waals surface area (Å²) < 4.78 is 36.4. The first-order valence-electron chi connectivity index (χ1n) is 13.5. The van der Waals surface area contributed by atoms with E-state index >= 15 is 0 Å². The molecule has 0 spiro atoms. The fourth-order valence-electron chi connectivity index (χ4n) is 4.16. The lowest BCUT2D eigenvalue weighted by Crippen LogP contribution is -2.30. The zero-order chi connectivity index (χ0) is 28.4. The van der Waals surface area contributed by atoms with E-state index in [9.17, 15) is 0 Å². The van der Waals surface area contributed by atoms with Gasteiger partial charge in [0.25, 0.3) is 0 Å². The van der Waals surface area contributed by atoms with Gasteiger partial charge in [-0.25, -0.2) is 0 Å². The third-order valence-electron chi connectivity index (χ3n) is 6.15. The number of ether oxygens (including phenoxy) is 6. The molecule has 0 saturated heterocycles. The van der Waals surface area contributed by atoms with Gasteiger partial charge in [0, 0.05) is 0 Å². The fourth-order valence-corrected chi connectivity index (χ4v) is 4.16. The zero-order valence-corrected chi connectivity index (χ0v) is 22.6. The monoisotopic (exact) mass is 556 g/mol. The highest BCUT2D eigenvalue weighted by atomic mass is 16.8. The molecule has 0 bridgehead atoms. The summed E-state index contributed by atoms with van der Waals surface area (Å²) >= 11 is 0. The van der Waals surface area contributed by atoms with Crippen LogP contribution < -0.4 is 28.4 Å². The van der Waals surface area contributed by atoms with Gasteiger partial charge >= 0.3 is 13.0 Å². The van der Waals surface area contributed by atoms with E-state index in [-0.39, 0.29) is 0 Å². The molecule has 208 valence electrons. The van der Waals surface area contributed by atoms with Crippen LogP contribution in [0.25, 0.3) is 10.8 Å². The summed E-state index contributed by atoms with van der Waals surface area (Å²) in [6.45, 7) is -2.04. The van der Waals surface area contributed by atoms with Gasteiger partial charge in [0.05, 0.1) is 0 Å². The largest absolute Gasteiger partial charge is 0.423 e. The molecule has 0 unspecified atom stereocenters. The zero-order valence-electron chi connectivity index (χ0n) is 22.6. The molecule has 42 heavy (non-hydrogen) atoms. The molecule has 0 radical (unpaired) electrons. The van der Waals surface area contributed by atoms with Crippen LogP contribution in [0.2, 0.25) is 0 Å². The van der Waals surface area contributed by atoms with Crippen molar-refractivity contribution in [3.05, 3.63) is 158 Å². The van der Waals surface area contributed by atoms with Crippen LogP contribution in [0.5, 0.6) is 34.5 Å². The van der Waals surface area contributed by atoms with E-state index in [4.69, 9.17) is 28.4 Å². The van der Waals surface area contributed by atoms with E-state index in [1.807, 2.05) is 158 Å². The van der Waals surface area contributed by atoms with Crippen molar-refractivity contribution < 1.29 is 28.4 Å². The number of hydrogen-bond donors (Lipinski definition) is 0. The molecule has 0 aromatic heterocycles. The first kappa shape index (κ1) is 26.6. The van der Waals surface area contributed by atoms with E-state index in [0.29, 0.717) is 34.5 Å². The highest BCUT2D eigenvalue weighted by molar-refractivity contribution is 5.85. The molecule has 0 aliphatic heterocycles. The summed E-state index contributed by atoms with van der Waals surface area (Å²) in [6.07, 6.45) is 0. The first-order chi connectivity index (χ1) is 20.8. The molecule has 0 atom stereocenters. The van der Waals surface area contributed by atoms with E-state index in [1.165, 1.54) is 0 Å². The molecule has 0 heterocycles. The molecule has 0 amide bonds. The van der Waals surface area contributed by atoms with Crippen molar-refractivity contribution >= 4 is 10.8 Å². The van der Waals surface area contributed by atoms with Crippen LogP contribution in [0.1, 0.15) is 0 Å². The van der Waals surface area contributed by atoms with Gasteiger partial charge in [-0.05, 0) is 83.6 Å². The summed E-state index contributed by atoms with van der Waals surface area (Å²) in [6, 6.07) is 49.1. The topological polar surface area (TPSA) is 55.4 Å². The minimum absolute atomic E-state index is 0.564. The third kappa shape index (κ3) is 7.31. The summed E-state index contributed by atoms with van der Waals surface area (Å²) in [5, 5.41) is 1.89. The molecule has 0 aliphatic carbocycles. The summed E-state index contributed by atoms with van der Waals surface area (Å²) in [5.74, 6) is 3.62. The van der Waals surface area contributed by atoms with Gasteiger partial charge in [0.1, 0.15) is 34.5 Å². The molecule has 0 N–H and O–H groups in total. The van der Waals surface area contributed by atoms with Crippen molar-refractivity contribution in [1.29, 1.82) is 0 Å². The minimum atomic E-state index is -1.02. The molecule has 6 aromatic rings. The van der Waals surface area contributed by atoms with Gasteiger partial charge in [-0.15, -0.1) is 0 Å². The number of rotatable bonds is 12. The minimum Gasteiger partial charge on any atom is -0.423 e. The van der Waals surface area contributed by atoms with Gasteiger partial charge in [0.2, 0.25) is 0 Å². The Balaban J connectivity index is 1.22. The molecule has 6 rings (SSSR count). The second-order valence-corrected chi connectivity index (χ2v) is 9.21. The normalized spacial score (nSPS) is 10.8. The SMILES string of the molecule is c1ccc(OC(Oc2ccccc2)Oc2ccc3ccc(OC(Oc4ccccc4)Oc4ccccc4)cc3c2)cc1. The maximum atomic E-state index is 6.17. The lowest BCUT2D eigenvalue weighted by atomic mass is 10.1. The van der Waals surface area contributed by atoms with E-state index in [1.54, 1.807) is 0 Å². The molecule has 6 nitrogen and oxygen atoms in total. The number of para-hydroxylation sites is 4. The van der Waals surface area contributed by atoms with E-state index in [0.717, 1.165) is 10.8 Å². The third-order valence-corrected chi connectivity index (χ3v) is 6.15. The van der Waals surface area contributed by atoms with Crippen molar-refractivity contribution in [3.8, 4) is 34.5 Å². The highest BCUT2D eigenvalue weighted by Gasteiger charge is 2.17. The Kier molecular flexibility index (Phi) is 8.33. The standard InChI is InChI=1S/C36H28O6/c1-5-13-29(14-6-1)37-35(38-30-15-7-2-8-16-30)41-33-23-21-27-22-24-34(26-28(27)25-33)42-36(39-31-17-9-3-10-18-31)40-32-19-11-4-12-20-32/h1-26,35-36H. The Labute approximate surface area is 244 Å². The van der Waals surface area contributed by atoms with Crippen molar-refractivity contribution in [2.75, 3.05) is 0 Å². The predicted octanol–water partition coefficient (Wildman–Crippen LogP) is 8.48. The van der Waals surface area contributed by atoms with Crippen LogP contribution in [0.4, 0.5) is 0 Å². The summed E-state index contributed by atoms with van der Waals surface area (Å²) in [7, 11) is 0. The lowest BCUT2D eigenvalue weighted by molar-refractivity contribution is -0.140. The van der Waals surface area contributed by atoms with Crippen LogP contribution in [-0.4, -0.2) is 13.0 Å². The molecule has 0 fully saturated rings. The average Bonchev–Trinajstić information content (AvgIpc) is 3.03. The molecule has 6 aromatic carbocycles. The molecule has 0 saturated carbocycles. The molecule has 0 aliphatic rings. The Morgan fingerprint density at radius 2 is 0.548 bits per heavy atom. The van der Waals surface area contributed by atoms with Gasteiger partial charge in [-0.2, -0.15) is 0 Å². The first-order valence-corrected chi connectivity index (χ1v) is 13.5. The maximum absolute atomic E-state index is 6.17. The Bertz CT molecular complexity index is 1470. The van der Waals surface area contributed by atoms with Crippen LogP contribution in [0.3, 0.4) is 0 Å².